The zero-order valence-corrected chi connectivity index (χ0v) is 19.0. The number of rotatable bonds is 7. The average Bonchev–Trinajstić information content (AvgIpc) is 2.78. The van der Waals surface area contributed by atoms with Gasteiger partial charge in [-0.15, -0.1) is 0 Å². The summed E-state index contributed by atoms with van der Waals surface area (Å²) in [7, 11) is 0. The van der Waals surface area contributed by atoms with Crippen LogP contribution in [-0.2, 0) is 4.74 Å². The molecule has 0 bridgehead atoms. The Kier molecular flexibility index (Phi) is 7.98. The van der Waals surface area contributed by atoms with E-state index in [-0.39, 0.29) is 12.1 Å². The minimum Gasteiger partial charge on any atom is -0.450 e. The molecule has 7 nitrogen and oxygen atoms in total. The van der Waals surface area contributed by atoms with E-state index in [0.717, 1.165) is 47.5 Å². The highest BCUT2D eigenvalue weighted by Crippen LogP contribution is 2.34. The molecule has 2 aromatic heterocycles. The first-order chi connectivity index (χ1) is 15.1. The normalized spacial score (nSPS) is 17.0. The second kappa shape index (κ2) is 10.9. The molecule has 1 atom stereocenters. The number of aryl methyl sites for hydroxylation is 1. The van der Waals surface area contributed by atoms with Crippen molar-refractivity contribution in [3.8, 4) is 0 Å². The van der Waals surface area contributed by atoms with E-state index in [1.165, 1.54) is 0 Å². The van der Waals surface area contributed by atoms with Crippen LogP contribution in [0.3, 0.4) is 0 Å². The highest BCUT2D eigenvalue weighted by molar-refractivity contribution is 5.86. The van der Waals surface area contributed by atoms with Gasteiger partial charge in [-0.3, -0.25) is 4.98 Å². The molecule has 1 saturated heterocycles. The molecule has 2 aromatic rings. The van der Waals surface area contributed by atoms with Crippen LogP contribution < -0.4 is 4.90 Å². The number of ether oxygens (including phenoxy) is 1. The fourth-order valence-corrected chi connectivity index (χ4v) is 3.98. The van der Waals surface area contributed by atoms with Crippen molar-refractivity contribution in [2.24, 2.45) is 0 Å². The van der Waals surface area contributed by atoms with Gasteiger partial charge in [0, 0.05) is 49.2 Å². The summed E-state index contributed by atoms with van der Waals surface area (Å²) in [5.74, 6) is 0.912. The molecule has 1 aliphatic heterocycles. The van der Waals surface area contributed by atoms with Crippen molar-refractivity contribution in [1.29, 1.82) is 0 Å². The van der Waals surface area contributed by atoms with Gasteiger partial charge in [-0.05, 0) is 38.8 Å². The average molecular weight is 424 g/mol. The monoisotopic (exact) mass is 423 g/mol. The van der Waals surface area contributed by atoms with Crippen LogP contribution >= 0.6 is 0 Å². The van der Waals surface area contributed by atoms with Gasteiger partial charge in [-0.2, -0.15) is 0 Å². The van der Waals surface area contributed by atoms with E-state index in [9.17, 15) is 4.79 Å². The highest BCUT2D eigenvalue weighted by atomic mass is 16.6. The Balaban J connectivity index is 1.97. The third kappa shape index (κ3) is 5.40. The predicted molar refractivity (Wildman–Crippen MR) is 123 cm³/mol. The lowest BCUT2D eigenvalue weighted by atomic mass is 9.95. The number of hydrogen-bond donors (Lipinski definition) is 0. The molecule has 166 valence electrons. The lowest BCUT2D eigenvalue weighted by Crippen LogP contribution is -2.54. The van der Waals surface area contributed by atoms with Gasteiger partial charge in [0.25, 0.3) is 0 Å². The summed E-state index contributed by atoms with van der Waals surface area (Å²) in [6, 6.07) is 4.16. The quantitative estimate of drug-likeness (QED) is 0.612. The van der Waals surface area contributed by atoms with Crippen LogP contribution in [0.1, 0.15) is 56.9 Å². The number of pyridine rings is 1. The molecule has 0 aliphatic carbocycles. The molecule has 7 heteroatoms. The standard InChI is InChI=1S/C24H33N5O2/c1-5-7-8-11-21(20-10-9-12-25-15-20)22-19(4)26-17-27-23(22)29-14-13-28(16-18(29)3)24(30)31-6-2/h9-12,15,17-18H,5-8,13-14,16H2,1-4H3/b21-11-. The maximum atomic E-state index is 12.2. The molecule has 31 heavy (non-hydrogen) atoms. The molecule has 0 radical (unpaired) electrons. The molecule has 0 aromatic carbocycles. The van der Waals surface area contributed by atoms with Gasteiger partial charge >= 0.3 is 6.09 Å². The topological polar surface area (TPSA) is 71.5 Å². The lowest BCUT2D eigenvalue weighted by Gasteiger charge is -2.40. The van der Waals surface area contributed by atoms with Crippen molar-refractivity contribution < 1.29 is 9.53 Å². The molecule has 1 amide bonds. The second-order valence-corrected chi connectivity index (χ2v) is 7.85. The molecule has 3 heterocycles. The molecule has 3 rings (SSSR count). The third-order valence-corrected chi connectivity index (χ3v) is 5.59. The second-order valence-electron chi connectivity index (χ2n) is 7.85. The van der Waals surface area contributed by atoms with Gasteiger partial charge in [-0.1, -0.05) is 31.9 Å². The van der Waals surface area contributed by atoms with E-state index in [2.05, 4.69) is 40.9 Å². The third-order valence-electron chi connectivity index (χ3n) is 5.59. The maximum Gasteiger partial charge on any atom is 0.409 e. The number of carbonyl (C=O) groups excluding carboxylic acids is 1. The van der Waals surface area contributed by atoms with Gasteiger partial charge in [0.15, 0.2) is 0 Å². The van der Waals surface area contributed by atoms with Crippen molar-refractivity contribution in [2.45, 2.75) is 53.0 Å². The fraction of sp³-hybridized carbons (Fsp3) is 0.500. The first-order valence-corrected chi connectivity index (χ1v) is 11.2. The Labute approximate surface area is 185 Å². The van der Waals surface area contributed by atoms with Crippen molar-refractivity contribution in [3.63, 3.8) is 0 Å². The highest BCUT2D eigenvalue weighted by Gasteiger charge is 2.30. The fourth-order valence-electron chi connectivity index (χ4n) is 3.98. The van der Waals surface area contributed by atoms with Crippen LogP contribution in [0, 0.1) is 6.92 Å². The molecule has 1 aliphatic rings. The van der Waals surface area contributed by atoms with E-state index in [4.69, 9.17) is 9.72 Å². The van der Waals surface area contributed by atoms with E-state index in [0.29, 0.717) is 26.2 Å². The van der Waals surface area contributed by atoms with Crippen LogP contribution in [0.4, 0.5) is 10.6 Å². The van der Waals surface area contributed by atoms with Gasteiger partial charge in [-0.25, -0.2) is 14.8 Å². The summed E-state index contributed by atoms with van der Waals surface area (Å²) in [5, 5.41) is 0. The maximum absolute atomic E-state index is 12.2. The minimum absolute atomic E-state index is 0.108. The number of amides is 1. The van der Waals surface area contributed by atoms with Gasteiger partial charge in [0.05, 0.1) is 12.3 Å². The summed E-state index contributed by atoms with van der Waals surface area (Å²) < 4.78 is 5.19. The molecule has 0 saturated carbocycles. The van der Waals surface area contributed by atoms with Gasteiger partial charge < -0.3 is 14.5 Å². The predicted octanol–water partition coefficient (Wildman–Crippen LogP) is 4.47. The Morgan fingerprint density at radius 2 is 2.13 bits per heavy atom. The molecule has 1 fully saturated rings. The number of carbonyl (C=O) groups is 1. The first-order valence-electron chi connectivity index (χ1n) is 11.2. The Morgan fingerprint density at radius 1 is 1.29 bits per heavy atom. The number of nitrogens with zero attached hydrogens (tertiary/aromatic N) is 5. The van der Waals surface area contributed by atoms with Crippen molar-refractivity contribution in [3.05, 3.63) is 53.8 Å². The van der Waals surface area contributed by atoms with Crippen LogP contribution in [0.2, 0.25) is 0 Å². The molecule has 0 spiro atoms. The van der Waals surface area contributed by atoms with Crippen LogP contribution in [0.25, 0.3) is 5.57 Å². The van der Waals surface area contributed by atoms with E-state index in [1.807, 2.05) is 26.1 Å². The number of anilines is 1. The number of allylic oxidation sites excluding steroid dienone is 1. The number of aromatic nitrogens is 3. The minimum atomic E-state index is -0.247. The summed E-state index contributed by atoms with van der Waals surface area (Å²) in [6.07, 6.45) is 10.6. The largest absolute Gasteiger partial charge is 0.450 e. The smallest absolute Gasteiger partial charge is 0.409 e. The summed E-state index contributed by atoms with van der Waals surface area (Å²) >= 11 is 0. The summed E-state index contributed by atoms with van der Waals surface area (Å²) in [4.78, 5) is 29.8. The number of piperazine rings is 1. The Morgan fingerprint density at radius 3 is 2.81 bits per heavy atom. The molecule has 0 N–H and O–H groups in total. The zero-order chi connectivity index (χ0) is 22.2. The number of hydrogen-bond acceptors (Lipinski definition) is 6. The Hall–Kier alpha value is -2.96. The lowest BCUT2D eigenvalue weighted by molar-refractivity contribution is 0.100. The summed E-state index contributed by atoms with van der Waals surface area (Å²) in [5.41, 5.74) is 4.17. The first kappa shape index (κ1) is 22.7. The molecular formula is C24H33N5O2. The number of unbranched alkanes of at least 4 members (excludes halogenated alkanes) is 2. The van der Waals surface area contributed by atoms with Gasteiger partial charge in [0.1, 0.15) is 12.1 Å². The SMILES string of the molecule is CCCC/C=C(/c1cccnc1)c1c(C)ncnc1N1CCN(C(=O)OCC)CC1C. The van der Waals surface area contributed by atoms with Crippen LogP contribution in [0.15, 0.2) is 36.9 Å². The van der Waals surface area contributed by atoms with Crippen molar-refractivity contribution in [1.82, 2.24) is 19.9 Å². The van der Waals surface area contributed by atoms with Gasteiger partial charge in [0.2, 0.25) is 0 Å². The Bertz CT molecular complexity index is 900. The van der Waals surface area contributed by atoms with Crippen molar-refractivity contribution >= 4 is 17.5 Å². The van der Waals surface area contributed by atoms with E-state index >= 15 is 0 Å². The molecule has 1 unspecified atom stereocenters. The zero-order valence-electron chi connectivity index (χ0n) is 19.0. The van der Waals surface area contributed by atoms with Crippen molar-refractivity contribution in [2.75, 3.05) is 31.1 Å². The van der Waals surface area contributed by atoms with Crippen LogP contribution in [0.5, 0.6) is 0 Å². The molecular weight excluding hydrogens is 390 g/mol. The van der Waals surface area contributed by atoms with E-state index < -0.39 is 0 Å². The van der Waals surface area contributed by atoms with Crippen LogP contribution in [-0.4, -0.2) is 58.2 Å². The van der Waals surface area contributed by atoms with E-state index in [1.54, 1.807) is 17.4 Å². The summed E-state index contributed by atoms with van der Waals surface area (Å²) in [6.45, 7) is 10.5.